The van der Waals surface area contributed by atoms with E-state index in [-0.39, 0.29) is 11.7 Å². The maximum atomic E-state index is 11.9. The number of ether oxygens (including phenoxy) is 1. The van der Waals surface area contributed by atoms with E-state index in [0.29, 0.717) is 24.6 Å². The van der Waals surface area contributed by atoms with E-state index in [1.54, 1.807) is 6.33 Å². The molecule has 0 aromatic carbocycles. The molecule has 0 amide bonds. The van der Waals surface area contributed by atoms with E-state index in [4.69, 9.17) is 4.74 Å². The summed E-state index contributed by atoms with van der Waals surface area (Å²) in [5.41, 5.74) is 1.42. The molecule has 0 bridgehead atoms. The lowest BCUT2D eigenvalue weighted by molar-refractivity contribution is -0.120. The van der Waals surface area contributed by atoms with E-state index in [0.717, 1.165) is 17.0 Å². The van der Waals surface area contributed by atoms with Gasteiger partial charge in [0.25, 0.3) is 0 Å². The Labute approximate surface area is 108 Å². The number of aromatic amines is 1. The molecule has 1 aliphatic heterocycles. The molecule has 0 aliphatic carbocycles. The van der Waals surface area contributed by atoms with Crippen molar-refractivity contribution in [2.75, 3.05) is 19.0 Å². The van der Waals surface area contributed by atoms with Crippen LogP contribution in [-0.4, -0.2) is 44.7 Å². The van der Waals surface area contributed by atoms with Crippen LogP contribution in [0.15, 0.2) is 17.7 Å². The fourth-order valence-corrected chi connectivity index (χ4v) is 2.83. The SMILES string of the molecule is O=C(CSc1ncnc2nc[nH]c12)C1CCOC1. The number of imidazole rings is 1. The van der Waals surface area contributed by atoms with Crippen molar-refractivity contribution < 1.29 is 9.53 Å². The predicted molar refractivity (Wildman–Crippen MR) is 66.3 cm³/mol. The van der Waals surface area contributed by atoms with Gasteiger partial charge in [0.15, 0.2) is 5.65 Å². The molecule has 0 spiro atoms. The maximum Gasteiger partial charge on any atom is 0.181 e. The molecule has 7 heteroatoms. The third kappa shape index (κ3) is 2.23. The fourth-order valence-electron chi connectivity index (χ4n) is 1.90. The van der Waals surface area contributed by atoms with Crippen LogP contribution < -0.4 is 0 Å². The molecule has 2 aromatic heterocycles. The van der Waals surface area contributed by atoms with Gasteiger partial charge >= 0.3 is 0 Å². The summed E-state index contributed by atoms with van der Waals surface area (Å²) in [5.74, 6) is 0.694. The number of H-pyrrole nitrogens is 1. The molecule has 3 rings (SSSR count). The van der Waals surface area contributed by atoms with E-state index in [1.807, 2.05) is 0 Å². The summed E-state index contributed by atoms with van der Waals surface area (Å²) in [6.07, 6.45) is 3.88. The van der Waals surface area contributed by atoms with Gasteiger partial charge in [0.1, 0.15) is 22.7 Å². The second-order valence-corrected chi connectivity index (χ2v) is 5.06. The Balaban J connectivity index is 1.69. The van der Waals surface area contributed by atoms with Gasteiger partial charge in [0.05, 0.1) is 18.7 Å². The van der Waals surface area contributed by atoms with E-state index in [2.05, 4.69) is 19.9 Å². The van der Waals surface area contributed by atoms with Gasteiger partial charge in [0, 0.05) is 12.5 Å². The van der Waals surface area contributed by atoms with Crippen molar-refractivity contribution in [2.24, 2.45) is 5.92 Å². The Kier molecular flexibility index (Phi) is 3.24. The lowest BCUT2D eigenvalue weighted by atomic mass is 10.1. The smallest absolute Gasteiger partial charge is 0.181 e. The van der Waals surface area contributed by atoms with Crippen LogP contribution in [0, 0.1) is 5.92 Å². The highest BCUT2D eigenvalue weighted by molar-refractivity contribution is 8.00. The molecule has 6 nitrogen and oxygen atoms in total. The Morgan fingerprint density at radius 3 is 3.28 bits per heavy atom. The Hall–Kier alpha value is -1.47. The highest BCUT2D eigenvalue weighted by Gasteiger charge is 2.23. The highest BCUT2D eigenvalue weighted by Crippen LogP contribution is 2.24. The fraction of sp³-hybridized carbons (Fsp3) is 0.455. The number of rotatable bonds is 4. The van der Waals surface area contributed by atoms with Crippen LogP contribution in [0.1, 0.15) is 6.42 Å². The zero-order valence-electron chi connectivity index (χ0n) is 9.63. The largest absolute Gasteiger partial charge is 0.381 e. The van der Waals surface area contributed by atoms with Gasteiger partial charge in [-0.25, -0.2) is 15.0 Å². The van der Waals surface area contributed by atoms with Crippen molar-refractivity contribution in [1.82, 2.24) is 19.9 Å². The first-order valence-corrected chi connectivity index (χ1v) is 6.70. The number of carbonyl (C=O) groups is 1. The molecular weight excluding hydrogens is 252 g/mol. The zero-order chi connectivity index (χ0) is 12.4. The lowest BCUT2D eigenvalue weighted by Crippen LogP contribution is -2.16. The monoisotopic (exact) mass is 264 g/mol. The summed E-state index contributed by atoms with van der Waals surface area (Å²) in [7, 11) is 0. The molecule has 2 aromatic rings. The van der Waals surface area contributed by atoms with Crippen LogP contribution in [0.4, 0.5) is 0 Å². The van der Waals surface area contributed by atoms with Crippen molar-refractivity contribution in [2.45, 2.75) is 11.4 Å². The summed E-state index contributed by atoms with van der Waals surface area (Å²) >= 11 is 1.42. The van der Waals surface area contributed by atoms with Crippen molar-refractivity contribution in [3.63, 3.8) is 0 Å². The third-order valence-electron chi connectivity index (χ3n) is 2.92. The Morgan fingerprint density at radius 1 is 1.50 bits per heavy atom. The summed E-state index contributed by atoms with van der Waals surface area (Å²) in [4.78, 5) is 27.2. The van der Waals surface area contributed by atoms with Crippen LogP contribution in [0.25, 0.3) is 11.2 Å². The van der Waals surface area contributed by atoms with Crippen LogP contribution >= 0.6 is 11.8 Å². The van der Waals surface area contributed by atoms with Crippen LogP contribution in [0.3, 0.4) is 0 Å². The molecule has 0 saturated carbocycles. The standard InChI is InChI=1S/C11H12N4O2S/c16-8(7-1-2-17-3-7)4-18-11-9-10(13-5-12-9)14-6-15-11/h5-7H,1-4H2,(H,12,13,14,15). The van der Waals surface area contributed by atoms with Crippen molar-refractivity contribution >= 4 is 28.7 Å². The minimum Gasteiger partial charge on any atom is -0.381 e. The predicted octanol–water partition coefficient (Wildman–Crippen LogP) is 1.05. The minimum absolute atomic E-state index is 0.0524. The molecule has 1 N–H and O–H groups in total. The molecular formula is C11H12N4O2S. The average molecular weight is 264 g/mol. The number of nitrogens with zero attached hydrogens (tertiary/aromatic N) is 3. The first-order valence-electron chi connectivity index (χ1n) is 5.72. The number of thioether (sulfide) groups is 1. The Morgan fingerprint density at radius 2 is 2.44 bits per heavy atom. The van der Waals surface area contributed by atoms with Gasteiger partial charge in [-0.2, -0.15) is 0 Å². The summed E-state index contributed by atoms with van der Waals surface area (Å²) in [5, 5.41) is 0.768. The van der Waals surface area contributed by atoms with E-state index < -0.39 is 0 Å². The molecule has 1 atom stereocenters. The second kappa shape index (κ2) is 5.03. The Bertz CT molecular complexity index is 565. The molecule has 1 unspecified atom stereocenters. The number of Topliss-reactive ketones (excluding diaryl/α,β-unsaturated/α-hetero) is 1. The quantitative estimate of drug-likeness (QED) is 0.656. The number of ketones is 1. The van der Waals surface area contributed by atoms with Crippen LogP contribution in [0.2, 0.25) is 0 Å². The minimum atomic E-state index is 0.0524. The normalized spacial score (nSPS) is 19.4. The van der Waals surface area contributed by atoms with Gasteiger partial charge in [-0.15, -0.1) is 0 Å². The molecule has 1 saturated heterocycles. The first-order chi connectivity index (χ1) is 8.84. The molecule has 18 heavy (non-hydrogen) atoms. The van der Waals surface area contributed by atoms with E-state index in [9.17, 15) is 4.79 Å². The van der Waals surface area contributed by atoms with Crippen molar-refractivity contribution in [3.8, 4) is 0 Å². The van der Waals surface area contributed by atoms with Crippen LogP contribution in [0.5, 0.6) is 0 Å². The summed E-state index contributed by atoms with van der Waals surface area (Å²) < 4.78 is 5.22. The lowest BCUT2D eigenvalue weighted by Gasteiger charge is -2.05. The zero-order valence-corrected chi connectivity index (χ0v) is 10.4. The molecule has 94 valence electrons. The van der Waals surface area contributed by atoms with Gasteiger partial charge in [0.2, 0.25) is 0 Å². The van der Waals surface area contributed by atoms with E-state index in [1.165, 1.54) is 18.1 Å². The number of aromatic nitrogens is 4. The molecule has 3 heterocycles. The summed E-state index contributed by atoms with van der Waals surface area (Å²) in [6.45, 7) is 1.25. The molecule has 1 aliphatic rings. The number of carbonyl (C=O) groups excluding carboxylic acids is 1. The molecule has 1 fully saturated rings. The summed E-state index contributed by atoms with van der Waals surface area (Å²) in [6, 6.07) is 0. The van der Waals surface area contributed by atoms with Crippen molar-refractivity contribution in [1.29, 1.82) is 0 Å². The van der Waals surface area contributed by atoms with Gasteiger partial charge < -0.3 is 9.72 Å². The number of nitrogens with one attached hydrogen (secondary N) is 1. The first kappa shape index (κ1) is 11.6. The average Bonchev–Trinajstić information content (AvgIpc) is 3.05. The van der Waals surface area contributed by atoms with Crippen LogP contribution in [-0.2, 0) is 9.53 Å². The highest BCUT2D eigenvalue weighted by atomic mass is 32.2. The van der Waals surface area contributed by atoms with Gasteiger partial charge in [-0.05, 0) is 6.42 Å². The van der Waals surface area contributed by atoms with Gasteiger partial charge in [-0.3, -0.25) is 4.79 Å². The van der Waals surface area contributed by atoms with E-state index >= 15 is 0 Å². The van der Waals surface area contributed by atoms with Gasteiger partial charge in [-0.1, -0.05) is 11.8 Å². The second-order valence-electron chi connectivity index (χ2n) is 4.10. The number of fused-ring (bicyclic) bond motifs is 1. The maximum absolute atomic E-state index is 11.9. The third-order valence-corrected chi connectivity index (χ3v) is 3.94. The topological polar surface area (TPSA) is 80.8 Å². The molecule has 0 radical (unpaired) electrons. The number of hydrogen-bond donors (Lipinski definition) is 1. The number of hydrogen-bond acceptors (Lipinski definition) is 6. The van der Waals surface area contributed by atoms with Crippen molar-refractivity contribution in [3.05, 3.63) is 12.7 Å².